The predicted octanol–water partition coefficient (Wildman–Crippen LogP) is 5.39. The average molecular weight is 230 g/mol. The zero-order valence-corrected chi connectivity index (χ0v) is 11.2. The average Bonchev–Trinajstić information content (AvgIpc) is 2.36. The molecule has 1 aromatic rings. The summed E-state index contributed by atoms with van der Waals surface area (Å²) in [5.74, 6) is 0.869. The summed E-state index contributed by atoms with van der Waals surface area (Å²) in [5.41, 5.74) is 1.48. The third kappa shape index (κ3) is 6.31. The first-order valence-electron chi connectivity index (χ1n) is 7.01. The molecule has 94 valence electrons. The largest absolute Gasteiger partial charge is 0.103 e. The van der Waals surface area contributed by atoms with Crippen molar-refractivity contribution < 1.29 is 0 Å². The van der Waals surface area contributed by atoms with Crippen LogP contribution in [0.1, 0.15) is 51.0 Å². The van der Waals surface area contributed by atoms with Gasteiger partial charge in [0, 0.05) is 0 Å². The van der Waals surface area contributed by atoms with Gasteiger partial charge in [0.05, 0.1) is 0 Å². The molecule has 17 heavy (non-hydrogen) atoms. The lowest BCUT2D eigenvalue weighted by molar-refractivity contribution is 0.430. The SMILES string of the molecule is C=CCC(CCC)CCCCc1ccccc1. The van der Waals surface area contributed by atoms with Gasteiger partial charge in [0.25, 0.3) is 0 Å². The molecular weight excluding hydrogens is 204 g/mol. The van der Waals surface area contributed by atoms with Crippen LogP contribution in [0, 0.1) is 5.92 Å². The molecule has 0 fully saturated rings. The van der Waals surface area contributed by atoms with Crippen molar-refractivity contribution in [3.05, 3.63) is 48.6 Å². The molecule has 1 rings (SSSR count). The van der Waals surface area contributed by atoms with Gasteiger partial charge in [0.15, 0.2) is 0 Å². The van der Waals surface area contributed by atoms with Crippen LogP contribution in [-0.4, -0.2) is 0 Å². The first-order chi connectivity index (χ1) is 8.36. The first kappa shape index (κ1) is 14.0. The Labute approximate surface area is 107 Å². The van der Waals surface area contributed by atoms with E-state index in [1.165, 1.54) is 50.5 Å². The molecule has 0 nitrogen and oxygen atoms in total. The van der Waals surface area contributed by atoms with Gasteiger partial charge in [-0.15, -0.1) is 6.58 Å². The molecule has 0 spiro atoms. The van der Waals surface area contributed by atoms with Crippen molar-refractivity contribution in [3.63, 3.8) is 0 Å². The monoisotopic (exact) mass is 230 g/mol. The van der Waals surface area contributed by atoms with Crippen molar-refractivity contribution >= 4 is 0 Å². The Morgan fingerprint density at radius 2 is 1.88 bits per heavy atom. The van der Waals surface area contributed by atoms with Gasteiger partial charge in [-0.05, 0) is 30.7 Å². The summed E-state index contributed by atoms with van der Waals surface area (Å²) >= 11 is 0. The van der Waals surface area contributed by atoms with Crippen LogP contribution in [-0.2, 0) is 6.42 Å². The maximum absolute atomic E-state index is 3.86. The van der Waals surface area contributed by atoms with E-state index in [0.29, 0.717) is 0 Å². The normalized spacial score (nSPS) is 12.3. The van der Waals surface area contributed by atoms with Gasteiger partial charge < -0.3 is 0 Å². The molecule has 1 atom stereocenters. The topological polar surface area (TPSA) is 0 Å². The van der Waals surface area contributed by atoms with Crippen LogP contribution in [0.2, 0.25) is 0 Å². The second-order valence-corrected chi connectivity index (χ2v) is 4.91. The molecule has 0 bridgehead atoms. The number of hydrogen-bond acceptors (Lipinski definition) is 0. The number of rotatable bonds is 9. The van der Waals surface area contributed by atoms with Gasteiger partial charge in [-0.3, -0.25) is 0 Å². The fourth-order valence-corrected chi connectivity index (χ4v) is 2.43. The van der Waals surface area contributed by atoms with Crippen molar-refractivity contribution in [2.75, 3.05) is 0 Å². The summed E-state index contributed by atoms with van der Waals surface area (Å²) in [6, 6.07) is 10.8. The quantitative estimate of drug-likeness (QED) is 0.394. The van der Waals surface area contributed by atoms with Crippen molar-refractivity contribution in [2.45, 2.75) is 51.9 Å². The molecule has 0 amide bonds. The maximum atomic E-state index is 3.86. The van der Waals surface area contributed by atoms with E-state index in [-0.39, 0.29) is 0 Å². The zero-order chi connectivity index (χ0) is 12.3. The highest BCUT2D eigenvalue weighted by Crippen LogP contribution is 2.19. The molecule has 0 saturated heterocycles. The van der Waals surface area contributed by atoms with Crippen LogP contribution in [0.15, 0.2) is 43.0 Å². The third-order valence-corrected chi connectivity index (χ3v) is 3.37. The first-order valence-corrected chi connectivity index (χ1v) is 7.01. The van der Waals surface area contributed by atoms with Crippen molar-refractivity contribution in [1.29, 1.82) is 0 Å². The molecule has 0 heteroatoms. The van der Waals surface area contributed by atoms with Gasteiger partial charge in [0.1, 0.15) is 0 Å². The van der Waals surface area contributed by atoms with E-state index in [0.717, 1.165) is 5.92 Å². The summed E-state index contributed by atoms with van der Waals surface area (Å²) in [6.07, 6.45) is 11.2. The number of unbranched alkanes of at least 4 members (excludes halogenated alkanes) is 1. The Morgan fingerprint density at radius 3 is 2.53 bits per heavy atom. The van der Waals surface area contributed by atoms with E-state index < -0.39 is 0 Å². The summed E-state index contributed by atoms with van der Waals surface area (Å²) in [7, 11) is 0. The summed E-state index contributed by atoms with van der Waals surface area (Å²) < 4.78 is 0. The zero-order valence-electron chi connectivity index (χ0n) is 11.2. The van der Waals surface area contributed by atoms with Crippen molar-refractivity contribution in [1.82, 2.24) is 0 Å². The maximum Gasteiger partial charge on any atom is -0.0279 e. The smallest absolute Gasteiger partial charge is 0.0279 e. The van der Waals surface area contributed by atoms with E-state index in [1.807, 2.05) is 0 Å². The number of aryl methyl sites for hydroxylation is 1. The van der Waals surface area contributed by atoms with Gasteiger partial charge >= 0.3 is 0 Å². The fourth-order valence-electron chi connectivity index (χ4n) is 2.43. The van der Waals surface area contributed by atoms with E-state index in [1.54, 1.807) is 0 Å². The molecule has 0 aliphatic carbocycles. The second-order valence-electron chi connectivity index (χ2n) is 4.91. The minimum Gasteiger partial charge on any atom is -0.103 e. The van der Waals surface area contributed by atoms with Gasteiger partial charge in [-0.1, -0.05) is 69.0 Å². The predicted molar refractivity (Wildman–Crippen MR) is 77.2 cm³/mol. The Morgan fingerprint density at radius 1 is 1.12 bits per heavy atom. The van der Waals surface area contributed by atoms with Gasteiger partial charge in [0.2, 0.25) is 0 Å². The van der Waals surface area contributed by atoms with E-state index in [9.17, 15) is 0 Å². The highest BCUT2D eigenvalue weighted by atomic mass is 14.1. The summed E-state index contributed by atoms with van der Waals surface area (Å²) in [6.45, 7) is 6.14. The molecular formula is C17H26. The standard InChI is InChI=1S/C17H26/c1-3-10-16(11-4-2)14-8-9-15-17-12-6-5-7-13-17/h3,5-7,12-13,16H,1,4,8-11,14-15H2,2H3. The lowest BCUT2D eigenvalue weighted by atomic mass is 9.93. The molecule has 0 saturated carbocycles. The molecule has 0 N–H and O–H groups in total. The number of allylic oxidation sites excluding steroid dienone is 1. The lowest BCUT2D eigenvalue weighted by Gasteiger charge is -2.13. The van der Waals surface area contributed by atoms with Crippen LogP contribution in [0.25, 0.3) is 0 Å². The number of benzene rings is 1. The van der Waals surface area contributed by atoms with E-state index >= 15 is 0 Å². The molecule has 0 heterocycles. The molecule has 0 aliphatic heterocycles. The highest BCUT2D eigenvalue weighted by molar-refractivity contribution is 5.14. The fraction of sp³-hybridized carbons (Fsp3) is 0.529. The van der Waals surface area contributed by atoms with Crippen molar-refractivity contribution in [3.8, 4) is 0 Å². The molecule has 0 radical (unpaired) electrons. The van der Waals surface area contributed by atoms with Crippen LogP contribution < -0.4 is 0 Å². The summed E-state index contributed by atoms with van der Waals surface area (Å²) in [5, 5.41) is 0. The van der Waals surface area contributed by atoms with Crippen LogP contribution in [0.5, 0.6) is 0 Å². The van der Waals surface area contributed by atoms with Gasteiger partial charge in [-0.2, -0.15) is 0 Å². The van der Waals surface area contributed by atoms with E-state index in [2.05, 4.69) is 49.9 Å². The van der Waals surface area contributed by atoms with Gasteiger partial charge in [-0.25, -0.2) is 0 Å². The Bertz CT molecular complexity index is 286. The third-order valence-electron chi connectivity index (χ3n) is 3.37. The molecule has 1 unspecified atom stereocenters. The van der Waals surface area contributed by atoms with Crippen molar-refractivity contribution in [2.24, 2.45) is 5.92 Å². The highest BCUT2D eigenvalue weighted by Gasteiger charge is 2.05. The van der Waals surface area contributed by atoms with Crippen LogP contribution in [0.3, 0.4) is 0 Å². The minimum absolute atomic E-state index is 0.869. The molecule has 0 aromatic heterocycles. The number of hydrogen-bond donors (Lipinski definition) is 0. The minimum atomic E-state index is 0.869. The lowest BCUT2D eigenvalue weighted by Crippen LogP contribution is -1.99. The Hall–Kier alpha value is -1.04. The Balaban J connectivity index is 2.15. The van der Waals surface area contributed by atoms with Crippen LogP contribution in [0.4, 0.5) is 0 Å². The van der Waals surface area contributed by atoms with Crippen LogP contribution >= 0.6 is 0 Å². The summed E-state index contributed by atoms with van der Waals surface area (Å²) in [4.78, 5) is 0. The molecule has 1 aromatic carbocycles. The Kier molecular flexibility index (Phi) is 7.46. The molecule has 0 aliphatic rings. The second kappa shape index (κ2) is 9.04. The van der Waals surface area contributed by atoms with E-state index in [4.69, 9.17) is 0 Å².